The number of hydrogen-bond acceptors (Lipinski definition) is 4. The summed E-state index contributed by atoms with van der Waals surface area (Å²) in [6, 6.07) is 10.9. The molecule has 2 aromatic carbocycles. The number of nitrogens with one attached hydrogen (secondary N) is 1. The summed E-state index contributed by atoms with van der Waals surface area (Å²) in [5.41, 5.74) is 4.76. The molecule has 3 rings (SSSR count). The SMILES string of the molecule is CN(C(=O)c1cc(F)c(Cl)cc1Cl)c1c(N)n(Cc2ccccc2)c(=O)[nH]c1=O. The molecule has 7 nitrogen and oxygen atoms in total. The van der Waals surface area contributed by atoms with Crippen LogP contribution in [0.25, 0.3) is 0 Å². The number of amides is 1. The Balaban J connectivity index is 2.07. The fourth-order valence-electron chi connectivity index (χ4n) is 2.79. The molecular formula is C19H15Cl2FN4O3. The summed E-state index contributed by atoms with van der Waals surface area (Å²) in [7, 11) is 1.27. The number of nitrogen functional groups attached to an aromatic ring is 1. The summed E-state index contributed by atoms with van der Waals surface area (Å²) in [4.78, 5) is 40.5. The summed E-state index contributed by atoms with van der Waals surface area (Å²) in [6.07, 6.45) is 0. The van der Waals surface area contributed by atoms with Crippen LogP contribution in [0.4, 0.5) is 15.9 Å². The molecule has 0 atom stereocenters. The number of aromatic nitrogens is 2. The van der Waals surface area contributed by atoms with Crippen LogP contribution in [0.15, 0.2) is 52.1 Å². The Morgan fingerprint density at radius 2 is 1.83 bits per heavy atom. The molecule has 29 heavy (non-hydrogen) atoms. The molecule has 10 heteroatoms. The molecule has 150 valence electrons. The van der Waals surface area contributed by atoms with Crippen LogP contribution >= 0.6 is 23.2 Å². The molecule has 0 aliphatic rings. The van der Waals surface area contributed by atoms with E-state index in [1.54, 1.807) is 24.3 Å². The predicted octanol–water partition coefficient (Wildman–Crippen LogP) is 2.89. The molecule has 3 aromatic rings. The van der Waals surface area contributed by atoms with E-state index in [9.17, 15) is 18.8 Å². The van der Waals surface area contributed by atoms with Crippen molar-refractivity contribution in [3.05, 3.63) is 90.3 Å². The van der Waals surface area contributed by atoms with Crippen molar-refractivity contribution in [3.63, 3.8) is 0 Å². The summed E-state index contributed by atoms with van der Waals surface area (Å²) in [5.74, 6) is -1.86. The van der Waals surface area contributed by atoms with Crippen molar-refractivity contribution in [2.75, 3.05) is 17.7 Å². The first-order chi connectivity index (χ1) is 13.7. The Kier molecular flexibility index (Phi) is 5.76. The second-order valence-corrected chi connectivity index (χ2v) is 6.99. The highest BCUT2D eigenvalue weighted by Gasteiger charge is 2.24. The molecule has 1 aromatic heterocycles. The number of carbonyl (C=O) groups is 1. The van der Waals surface area contributed by atoms with E-state index in [1.165, 1.54) is 7.05 Å². The minimum absolute atomic E-state index is 0.0770. The Labute approximate surface area is 174 Å². The Morgan fingerprint density at radius 1 is 1.17 bits per heavy atom. The highest BCUT2D eigenvalue weighted by atomic mass is 35.5. The molecule has 0 saturated heterocycles. The van der Waals surface area contributed by atoms with Gasteiger partial charge in [0.05, 0.1) is 22.2 Å². The number of hydrogen-bond donors (Lipinski definition) is 2. The molecule has 0 bridgehead atoms. The first-order valence-corrected chi connectivity index (χ1v) is 9.05. The summed E-state index contributed by atoms with van der Waals surface area (Å²) >= 11 is 11.7. The van der Waals surface area contributed by atoms with Crippen molar-refractivity contribution < 1.29 is 9.18 Å². The van der Waals surface area contributed by atoms with Crippen LogP contribution in [0.3, 0.4) is 0 Å². The Bertz CT molecular complexity index is 1210. The van der Waals surface area contributed by atoms with E-state index in [-0.39, 0.29) is 33.7 Å². The van der Waals surface area contributed by atoms with Gasteiger partial charge in [0.2, 0.25) is 0 Å². The number of benzene rings is 2. The zero-order chi connectivity index (χ0) is 21.3. The number of nitrogens with two attached hydrogens (primary N) is 1. The number of carbonyl (C=O) groups excluding carboxylic acids is 1. The van der Waals surface area contributed by atoms with Gasteiger partial charge in [-0.1, -0.05) is 53.5 Å². The molecule has 3 N–H and O–H groups in total. The molecular weight excluding hydrogens is 422 g/mol. The zero-order valence-electron chi connectivity index (χ0n) is 15.1. The van der Waals surface area contributed by atoms with Crippen molar-refractivity contribution in [2.24, 2.45) is 0 Å². The topological polar surface area (TPSA) is 101 Å². The highest BCUT2D eigenvalue weighted by molar-refractivity contribution is 6.37. The first kappa shape index (κ1) is 20.6. The number of rotatable bonds is 4. The lowest BCUT2D eigenvalue weighted by molar-refractivity contribution is 0.0992. The van der Waals surface area contributed by atoms with Crippen LogP contribution in [0.2, 0.25) is 10.0 Å². The molecule has 0 aliphatic heterocycles. The maximum Gasteiger partial charge on any atom is 0.330 e. The zero-order valence-corrected chi connectivity index (χ0v) is 16.6. The number of anilines is 2. The highest BCUT2D eigenvalue weighted by Crippen LogP contribution is 2.27. The van der Waals surface area contributed by atoms with Crippen molar-refractivity contribution >= 4 is 40.6 Å². The number of halogens is 3. The standard InChI is InChI=1S/C19H15Cl2FN4O3/c1-25(18(28)11-7-14(22)13(21)8-12(11)20)15-16(23)26(19(29)24-17(15)27)9-10-5-3-2-4-6-10/h2-8H,9,23H2,1H3,(H,24,27,29). The maximum absolute atomic E-state index is 13.8. The van der Waals surface area contributed by atoms with E-state index in [0.29, 0.717) is 0 Å². The van der Waals surface area contributed by atoms with Crippen LogP contribution in [0.5, 0.6) is 0 Å². The largest absolute Gasteiger partial charge is 0.383 e. The van der Waals surface area contributed by atoms with Gasteiger partial charge in [-0.3, -0.25) is 19.1 Å². The molecule has 0 fully saturated rings. The predicted molar refractivity (Wildman–Crippen MR) is 110 cm³/mol. The average Bonchev–Trinajstić information content (AvgIpc) is 2.68. The third kappa shape index (κ3) is 4.03. The van der Waals surface area contributed by atoms with E-state index in [0.717, 1.165) is 27.2 Å². The molecule has 0 spiro atoms. The average molecular weight is 437 g/mol. The van der Waals surface area contributed by atoms with Gasteiger partial charge >= 0.3 is 5.69 Å². The maximum atomic E-state index is 13.8. The number of nitrogens with zero attached hydrogens (tertiary/aromatic N) is 2. The lowest BCUT2D eigenvalue weighted by Gasteiger charge is -2.21. The molecule has 0 aliphatic carbocycles. The van der Waals surface area contributed by atoms with Gasteiger partial charge in [0, 0.05) is 7.05 Å². The second-order valence-electron chi connectivity index (χ2n) is 6.18. The molecule has 0 radical (unpaired) electrons. The van der Waals surface area contributed by atoms with Gasteiger partial charge in [-0.2, -0.15) is 0 Å². The minimum atomic E-state index is -0.863. The van der Waals surface area contributed by atoms with Crippen LogP contribution < -0.4 is 21.9 Å². The van der Waals surface area contributed by atoms with Crippen LogP contribution in [-0.2, 0) is 6.54 Å². The van der Waals surface area contributed by atoms with Crippen LogP contribution in [0, 0.1) is 5.82 Å². The van der Waals surface area contributed by atoms with Crippen LogP contribution in [0.1, 0.15) is 15.9 Å². The first-order valence-electron chi connectivity index (χ1n) is 8.29. The van der Waals surface area contributed by atoms with Gasteiger partial charge in [-0.15, -0.1) is 0 Å². The van der Waals surface area contributed by atoms with E-state index in [4.69, 9.17) is 28.9 Å². The monoisotopic (exact) mass is 436 g/mol. The molecule has 1 heterocycles. The van der Waals surface area contributed by atoms with Gasteiger partial charge < -0.3 is 10.6 Å². The summed E-state index contributed by atoms with van der Waals surface area (Å²) in [6.45, 7) is 0.0770. The van der Waals surface area contributed by atoms with E-state index in [2.05, 4.69) is 4.98 Å². The third-order valence-corrected chi connectivity index (χ3v) is 4.88. The van der Waals surface area contributed by atoms with Gasteiger partial charge in [0.25, 0.3) is 11.5 Å². The fraction of sp³-hybridized carbons (Fsp3) is 0.105. The third-order valence-electron chi connectivity index (χ3n) is 4.28. The van der Waals surface area contributed by atoms with E-state index >= 15 is 0 Å². The Morgan fingerprint density at radius 3 is 2.48 bits per heavy atom. The molecule has 0 unspecified atom stereocenters. The van der Waals surface area contributed by atoms with Crippen molar-refractivity contribution in [3.8, 4) is 0 Å². The summed E-state index contributed by atoms with van der Waals surface area (Å²) < 4.78 is 14.9. The Hall–Kier alpha value is -3.10. The smallest absolute Gasteiger partial charge is 0.330 e. The normalized spacial score (nSPS) is 10.8. The van der Waals surface area contributed by atoms with Crippen molar-refractivity contribution in [1.82, 2.24) is 9.55 Å². The van der Waals surface area contributed by atoms with Gasteiger partial charge in [0.1, 0.15) is 11.6 Å². The lowest BCUT2D eigenvalue weighted by atomic mass is 10.2. The fourth-order valence-corrected chi connectivity index (χ4v) is 3.26. The number of H-pyrrole nitrogens is 1. The van der Waals surface area contributed by atoms with Gasteiger partial charge in [0.15, 0.2) is 5.69 Å². The van der Waals surface area contributed by atoms with Gasteiger partial charge in [-0.05, 0) is 17.7 Å². The number of aromatic amines is 1. The molecule has 0 saturated carbocycles. The van der Waals surface area contributed by atoms with Crippen molar-refractivity contribution in [2.45, 2.75) is 6.54 Å². The lowest BCUT2D eigenvalue weighted by Crippen LogP contribution is -2.39. The molecule has 1 amide bonds. The second kappa shape index (κ2) is 8.10. The summed E-state index contributed by atoms with van der Waals surface area (Å²) in [5, 5.41) is -0.344. The van der Waals surface area contributed by atoms with E-state index in [1.807, 2.05) is 6.07 Å². The van der Waals surface area contributed by atoms with E-state index < -0.39 is 23.0 Å². The minimum Gasteiger partial charge on any atom is -0.383 e. The quantitative estimate of drug-likeness (QED) is 0.613. The van der Waals surface area contributed by atoms with Crippen LogP contribution in [-0.4, -0.2) is 22.5 Å². The van der Waals surface area contributed by atoms with Gasteiger partial charge in [-0.25, -0.2) is 9.18 Å². The van der Waals surface area contributed by atoms with Crippen molar-refractivity contribution in [1.29, 1.82) is 0 Å².